The number of H-pyrrole nitrogens is 1. The molecule has 1 aromatic carbocycles. The molecule has 1 N–H and O–H groups in total. The molecule has 0 fully saturated rings. The molecule has 3 aromatic rings. The first-order chi connectivity index (χ1) is 8.13. The van der Waals surface area contributed by atoms with Crippen molar-refractivity contribution in [1.82, 2.24) is 19.7 Å². The molecule has 0 spiro atoms. The Labute approximate surface area is 105 Å². The number of nitrogens with one attached hydrogen (secondary N) is 1. The van der Waals surface area contributed by atoms with Crippen LogP contribution in [0.3, 0.4) is 0 Å². The Kier molecular flexibility index (Phi) is 2.25. The van der Waals surface area contributed by atoms with Crippen LogP contribution in [0.1, 0.15) is 0 Å². The van der Waals surface area contributed by atoms with E-state index in [0.717, 1.165) is 5.69 Å². The molecule has 0 saturated carbocycles. The number of rotatable bonds is 1. The molecule has 0 saturated heterocycles. The van der Waals surface area contributed by atoms with Crippen LogP contribution in [-0.4, -0.2) is 19.7 Å². The Balaban J connectivity index is 2.19. The van der Waals surface area contributed by atoms with Gasteiger partial charge in [0.1, 0.15) is 11.5 Å². The lowest BCUT2D eigenvalue weighted by Crippen LogP contribution is -1.88. The molecule has 0 aliphatic rings. The zero-order valence-electron chi connectivity index (χ0n) is 8.91. The first-order valence-electron chi connectivity index (χ1n) is 4.98. The monoisotopic (exact) mass is 294 g/mol. The van der Waals surface area contributed by atoms with Gasteiger partial charge in [-0.3, -0.25) is 4.68 Å². The van der Waals surface area contributed by atoms with Crippen LogP contribution in [0.4, 0.5) is 4.39 Å². The first kappa shape index (κ1) is 10.5. The lowest BCUT2D eigenvalue weighted by atomic mass is 10.3. The van der Waals surface area contributed by atoms with Crippen molar-refractivity contribution in [2.24, 2.45) is 7.05 Å². The summed E-state index contributed by atoms with van der Waals surface area (Å²) in [4.78, 5) is 7.42. The molecule has 2 aromatic heterocycles. The van der Waals surface area contributed by atoms with E-state index in [2.05, 4.69) is 31.0 Å². The fourth-order valence-electron chi connectivity index (χ4n) is 1.67. The topological polar surface area (TPSA) is 46.5 Å². The largest absolute Gasteiger partial charge is 0.336 e. The number of nitrogens with zero attached hydrogens (tertiary/aromatic N) is 3. The van der Waals surface area contributed by atoms with Crippen molar-refractivity contribution in [2.45, 2.75) is 0 Å². The zero-order chi connectivity index (χ0) is 12.0. The van der Waals surface area contributed by atoms with Crippen molar-refractivity contribution in [3.8, 4) is 11.5 Å². The molecule has 0 amide bonds. The van der Waals surface area contributed by atoms with Crippen molar-refractivity contribution < 1.29 is 4.39 Å². The summed E-state index contributed by atoms with van der Waals surface area (Å²) in [7, 11) is 1.84. The highest BCUT2D eigenvalue weighted by Crippen LogP contribution is 2.24. The fraction of sp³-hybridized carbons (Fsp3) is 0.0909. The van der Waals surface area contributed by atoms with E-state index in [4.69, 9.17) is 0 Å². The van der Waals surface area contributed by atoms with E-state index in [1.54, 1.807) is 10.7 Å². The van der Waals surface area contributed by atoms with E-state index < -0.39 is 0 Å². The molecule has 0 unspecified atom stereocenters. The second-order valence-corrected chi connectivity index (χ2v) is 4.60. The predicted molar refractivity (Wildman–Crippen MR) is 66.0 cm³/mol. The Bertz CT molecular complexity index is 662. The molecule has 0 atom stereocenters. The Morgan fingerprint density at radius 3 is 2.94 bits per heavy atom. The lowest BCUT2D eigenvalue weighted by molar-refractivity contribution is 0.623. The molecule has 3 rings (SSSR count). The predicted octanol–water partition coefficient (Wildman–Crippen LogP) is 2.87. The zero-order valence-corrected chi connectivity index (χ0v) is 10.5. The minimum atomic E-state index is -0.311. The van der Waals surface area contributed by atoms with E-state index in [-0.39, 0.29) is 5.82 Å². The highest BCUT2D eigenvalue weighted by Gasteiger charge is 2.10. The normalized spacial score (nSPS) is 11.2. The molecule has 0 radical (unpaired) electrons. The van der Waals surface area contributed by atoms with Gasteiger partial charge in [0.15, 0.2) is 5.82 Å². The highest BCUT2D eigenvalue weighted by atomic mass is 79.9. The second-order valence-electron chi connectivity index (χ2n) is 3.74. The van der Waals surface area contributed by atoms with Gasteiger partial charge in [0, 0.05) is 19.3 Å². The van der Waals surface area contributed by atoms with Crippen LogP contribution in [0.2, 0.25) is 0 Å². The second kappa shape index (κ2) is 3.66. The maximum absolute atomic E-state index is 13.4. The Morgan fingerprint density at radius 2 is 2.24 bits per heavy atom. The standard InChI is InChI=1S/C11H8BrFN4/c1-17-3-2-8(16-17)11-14-9-4-6(12)7(13)5-10(9)15-11/h2-5H,1H3,(H,14,15). The minimum Gasteiger partial charge on any atom is -0.336 e. The van der Waals surface area contributed by atoms with Crippen molar-refractivity contribution in [3.63, 3.8) is 0 Å². The number of hydrogen-bond donors (Lipinski definition) is 1. The third-order valence-electron chi connectivity index (χ3n) is 2.48. The molecule has 2 heterocycles. The van der Waals surface area contributed by atoms with Gasteiger partial charge >= 0.3 is 0 Å². The minimum absolute atomic E-state index is 0.311. The van der Waals surface area contributed by atoms with E-state index >= 15 is 0 Å². The average molecular weight is 295 g/mol. The van der Waals surface area contributed by atoms with Gasteiger partial charge in [0.25, 0.3) is 0 Å². The van der Waals surface area contributed by atoms with Crippen LogP contribution in [-0.2, 0) is 7.05 Å². The molecule has 17 heavy (non-hydrogen) atoms. The number of aromatic amines is 1. The highest BCUT2D eigenvalue weighted by molar-refractivity contribution is 9.10. The third kappa shape index (κ3) is 1.74. The number of benzene rings is 1. The van der Waals surface area contributed by atoms with Crippen molar-refractivity contribution in [2.75, 3.05) is 0 Å². The van der Waals surface area contributed by atoms with E-state index in [0.29, 0.717) is 21.3 Å². The average Bonchev–Trinajstić information content (AvgIpc) is 2.85. The Morgan fingerprint density at radius 1 is 1.41 bits per heavy atom. The summed E-state index contributed by atoms with van der Waals surface area (Å²) in [5.74, 6) is 0.326. The molecule has 6 heteroatoms. The first-order valence-corrected chi connectivity index (χ1v) is 5.77. The summed E-state index contributed by atoms with van der Waals surface area (Å²) in [6.45, 7) is 0. The molecular weight excluding hydrogens is 287 g/mol. The van der Waals surface area contributed by atoms with Crippen molar-refractivity contribution in [1.29, 1.82) is 0 Å². The van der Waals surface area contributed by atoms with Gasteiger partial charge in [0.2, 0.25) is 0 Å². The van der Waals surface area contributed by atoms with E-state index in [1.807, 2.05) is 19.3 Å². The quantitative estimate of drug-likeness (QED) is 0.750. The SMILES string of the molecule is Cn1ccc(-c2nc3cc(Br)c(F)cc3[nH]2)n1. The Hall–Kier alpha value is -1.69. The van der Waals surface area contributed by atoms with Crippen molar-refractivity contribution in [3.05, 3.63) is 34.7 Å². The number of hydrogen-bond acceptors (Lipinski definition) is 2. The summed E-state index contributed by atoms with van der Waals surface area (Å²) in [6.07, 6.45) is 1.83. The van der Waals surface area contributed by atoms with Gasteiger partial charge in [0.05, 0.1) is 15.5 Å². The summed E-state index contributed by atoms with van der Waals surface area (Å²) >= 11 is 3.14. The number of aromatic nitrogens is 4. The maximum atomic E-state index is 13.4. The number of imidazole rings is 1. The summed E-state index contributed by atoms with van der Waals surface area (Å²) in [6, 6.07) is 4.91. The lowest BCUT2D eigenvalue weighted by Gasteiger charge is -1.92. The van der Waals surface area contributed by atoms with Gasteiger partial charge in [-0.15, -0.1) is 0 Å². The van der Waals surface area contributed by atoms with E-state index in [9.17, 15) is 4.39 Å². The van der Waals surface area contributed by atoms with Crippen LogP contribution in [0.25, 0.3) is 22.6 Å². The van der Waals surface area contributed by atoms with Crippen molar-refractivity contribution >= 4 is 27.0 Å². The number of halogens is 2. The maximum Gasteiger partial charge on any atom is 0.159 e. The molecule has 0 aliphatic heterocycles. The van der Waals surface area contributed by atoms with Crippen LogP contribution >= 0.6 is 15.9 Å². The number of aryl methyl sites for hydroxylation is 1. The molecule has 0 bridgehead atoms. The number of fused-ring (bicyclic) bond motifs is 1. The molecular formula is C11H8BrFN4. The summed E-state index contributed by atoms with van der Waals surface area (Å²) in [5, 5.41) is 4.24. The molecule has 86 valence electrons. The summed E-state index contributed by atoms with van der Waals surface area (Å²) in [5.41, 5.74) is 2.10. The molecule has 0 aliphatic carbocycles. The van der Waals surface area contributed by atoms with Crippen LogP contribution in [0, 0.1) is 5.82 Å². The smallest absolute Gasteiger partial charge is 0.159 e. The van der Waals surface area contributed by atoms with Crippen LogP contribution in [0.5, 0.6) is 0 Å². The van der Waals surface area contributed by atoms with Crippen LogP contribution in [0.15, 0.2) is 28.9 Å². The van der Waals surface area contributed by atoms with Gasteiger partial charge in [-0.1, -0.05) is 0 Å². The van der Waals surface area contributed by atoms with Gasteiger partial charge < -0.3 is 4.98 Å². The van der Waals surface area contributed by atoms with Gasteiger partial charge in [-0.05, 0) is 28.1 Å². The van der Waals surface area contributed by atoms with Gasteiger partial charge in [-0.2, -0.15) is 5.10 Å². The third-order valence-corrected chi connectivity index (χ3v) is 3.09. The van der Waals surface area contributed by atoms with E-state index in [1.165, 1.54) is 6.07 Å². The van der Waals surface area contributed by atoms with Crippen LogP contribution < -0.4 is 0 Å². The van der Waals surface area contributed by atoms with Gasteiger partial charge in [-0.25, -0.2) is 9.37 Å². The summed E-state index contributed by atoms with van der Waals surface area (Å²) < 4.78 is 15.5. The molecule has 4 nitrogen and oxygen atoms in total. The fourth-order valence-corrected chi connectivity index (χ4v) is 2.00.